The Labute approximate surface area is 190 Å². The van der Waals surface area contributed by atoms with E-state index in [-0.39, 0.29) is 16.8 Å². The van der Waals surface area contributed by atoms with E-state index in [0.717, 1.165) is 16.7 Å². The lowest BCUT2D eigenvalue weighted by molar-refractivity contribution is 0.0942. The molecule has 7 heteroatoms. The highest BCUT2D eigenvalue weighted by Gasteiger charge is 2.18. The van der Waals surface area contributed by atoms with Gasteiger partial charge in [-0.2, -0.15) is 0 Å². The lowest BCUT2D eigenvalue weighted by atomic mass is 10.1. The van der Waals surface area contributed by atoms with Gasteiger partial charge in [0.1, 0.15) is 0 Å². The van der Waals surface area contributed by atoms with Crippen LogP contribution in [-0.4, -0.2) is 39.9 Å². The maximum absolute atomic E-state index is 12.8. The van der Waals surface area contributed by atoms with Crippen LogP contribution in [0.15, 0.2) is 77.7 Å². The minimum absolute atomic E-state index is 0.0292. The molecular weight excluding hydrogens is 422 g/mol. The highest BCUT2D eigenvalue weighted by atomic mass is 32.2. The number of hydrogen-bond acceptors (Lipinski definition) is 4. The van der Waals surface area contributed by atoms with Crippen LogP contribution in [-0.2, 0) is 10.0 Å². The third-order valence-corrected chi connectivity index (χ3v) is 6.92. The number of hydrogen-bond donors (Lipinski definition) is 2. The Kier molecular flexibility index (Phi) is 7.33. The van der Waals surface area contributed by atoms with Gasteiger partial charge in [-0.15, -0.1) is 0 Å². The third-order valence-electron chi connectivity index (χ3n) is 5.54. The molecule has 0 unspecified atom stereocenters. The van der Waals surface area contributed by atoms with Gasteiger partial charge in [-0.3, -0.25) is 9.52 Å². The number of aryl methyl sites for hydroxylation is 1. The molecule has 2 N–H and O–H groups in total. The maximum atomic E-state index is 12.8. The fourth-order valence-electron chi connectivity index (χ4n) is 3.42. The Balaban J connectivity index is 1.69. The molecule has 0 heterocycles. The third kappa shape index (κ3) is 5.55. The van der Waals surface area contributed by atoms with Crippen LogP contribution in [0.1, 0.15) is 33.1 Å². The molecule has 0 aliphatic heterocycles. The molecule has 3 aromatic carbocycles. The quantitative estimate of drug-likeness (QED) is 0.540. The summed E-state index contributed by atoms with van der Waals surface area (Å²) in [6, 6.07) is 21.4. The van der Waals surface area contributed by atoms with Gasteiger partial charge in [0.05, 0.1) is 16.6 Å². The fourth-order valence-corrected chi connectivity index (χ4v) is 4.54. The van der Waals surface area contributed by atoms with Gasteiger partial charge in [-0.1, -0.05) is 42.5 Å². The Morgan fingerprint density at radius 3 is 2.19 bits per heavy atom. The van der Waals surface area contributed by atoms with Crippen molar-refractivity contribution in [1.29, 1.82) is 0 Å². The maximum Gasteiger partial charge on any atom is 0.261 e. The predicted molar refractivity (Wildman–Crippen MR) is 128 cm³/mol. The molecule has 1 atom stereocenters. The molecule has 0 saturated carbocycles. The second kappa shape index (κ2) is 9.97. The van der Waals surface area contributed by atoms with E-state index in [4.69, 9.17) is 0 Å². The van der Waals surface area contributed by atoms with E-state index >= 15 is 0 Å². The predicted octanol–water partition coefficient (Wildman–Crippen LogP) is 4.14. The Morgan fingerprint density at radius 1 is 0.906 bits per heavy atom. The SMILES string of the molecule is Cc1cccc(NS(=O)(=O)c2ccc(C(=O)NC[C@H](c3ccccc3)N(C)C)cc2)c1C. The van der Waals surface area contributed by atoms with Crippen LogP contribution >= 0.6 is 0 Å². The van der Waals surface area contributed by atoms with Crippen molar-refractivity contribution in [2.24, 2.45) is 0 Å². The van der Waals surface area contributed by atoms with Gasteiger partial charge >= 0.3 is 0 Å². The average molecular weight is 452 g/mol. The van der Waals surface area contributed by atoms with Gasteiger partial charge < -0.3 is 10.2 Å². The molecule has 0 fully saturated rings. The first-order valence-corrected chi connectivity index (χ1v) is 11.9. The number of amides is 1. The first-order valence-electron chi connectivity index (χ1n) is 10.4. The number of nitrogens with one attached hydrogen (secondary N) is 2. The normalized spacial score (nSPS) is 12.4. The van der Waals surface area contributed by atoms with Gasteiger partial charge in [0.15, 0.2) is 0 Å². The van der Waals surface area contributed by atoms with Crippen molar-refractivity contribution < 1.29 is 13.2 Å². The molecular formula is C25H29N3O3S. The first kappa shape index (κ1) is 23.5. The summed E-state index contributed by atoms with van der Waals surface area (Å²) in [6.07, 6.45) is 0. The van der Waals surface area contributed by atoms with Crippen molar-refractivity contribution in [1.82, 2.24) is 10.2 Å². The van der Waals surface area contributed by atoms with Crippen molar-refractivity contribution in [2.45, 2.75) is 24.8 Å². The topological polar surface area (TPSA) is 78.5 Å². The van der Waals surface area contributed by atoms with Crippen molar-refractivity contribution in [3.63, 3.8) is 0 Å². The van der Waals surface area contributed by atoms with Gasteiger partial charge in [0.2, 0.25) is 0 Å². The van der Waals surface area contributed by atoms with E-state index in [1.807, 2.05) is 75.3 Å². The van der Waals surface area contributed by atoms with Gasteiger partial charge in [0, 0.05) is 12.1 Å². The Hall–Kier alpha value is -3.16. The molecule has 0 aliphatic carbocycles. The molecule has 32 heavy (non-hydrogen) atoms. The summed E-state index contributed by atoms with van der Waals surface area (Å²) in [4.78, 5) is 14.8. The molecule has 168 valence electrons. The number of carbonyl (C=O) groups is 1. The number of carbonyl (C=O) groups excluding carboxylic acids is 1. The van der Waals surface area contributed by atoms with Crippen molar-refractivity contribution in [2.75, 3.05) is 25.4 Å². The number of rotatable bonds is 8. The van der Waals surface area contributed by atoms with Crippen molar-refractivity contribution >= 4 is 21.6 Å². The molecule has 3 rings (SSSR count). The standard InChI is InChI=1S/C25H29N3O3S/c1-18-9-8-12-23(19(18)2)27-32(30,31)22-15-13-21(14-16-22)25(29)26-17-24(28(3)4)20-10-6-5-7-11-20/h5-16,24,27H,17H2,1-4H3,(H,26,29)/t24-/m1/s1. The molecule has 0 saturated heterocycles. The molecule has 0 radical (unpaired) electrons. The van der Waals surface area contributed by atoms with Crippen molar-refractivity contribution in [3.8, 4) is 0 Å². The van der Waals surface area contributed by atoms with E-state index in [1.165, 1.54) is 24.3 Å². The molecule has 0 aromatic heterocycles. The number of benzene rings is 3. The van der Waals surface area contributed by atoms with E-state index in [9.17, 15) is 13.2 Å². The van der Waals surface area contributed by atoms with Crippen LogP contribution in [0.2, 0.25) is 0 Å². The molecule has 3 aromatic rings. The number of likely N-dealkylation sites (N-methyl/N-ethyl adjacent to an activating group) is 1. The fraction of sp³-hybridized carbons (Fsp3) is 0.240. The summed E-state index contributed by atoms with van der Waals surface area (Å²) >= 11 is 0. The van der Waals surface area contributed by atoms with E-state index in [1.54, 1.807) is 6.07 Å². The summed E-state index contributed by atoms with van der Waals surface area (Å²) in [5.41, 5.74) is 3.94. The van der Waals surface area contributed by atoms with Crippen LogP contribution in [0.3, 0.4) is 0 Å². The zero-order valence-electron chi connectivity index (χ0n) is 18.8. The second-order valence-corrected chi connectivity index (χ2v) is 9.66. The Morgan fingerprint density at radius 2 is 1.56 bits per heavy atom. The van der Waals surface area contributed by atoms with E-state index < -0.39 is 10.0 Å². The number of nitrogens with zero attached hydrogens (tertiary/aromatic N) is 1. The van der Waals surface area contributed by atoms with Gasteiger partial charge in [-0.05, 0) is 75.0 Å². The van der Waals surface area contributed by atoms with Crippen LogP contribution in [0, 0.1) is 13.8 Å². The zero-order chi connectivity index (χ0) is 23.3. The lowest BCUT2D eigenvalue weighted by Gasteiger charge is -2.25. The molecule has 0 aliphatic rings. The minimum Gasteiger partial charge on any atom is -0.350 e. The lowest BCUT2D eigenvalue weighted by Crippen LogP contribution is -2.34. The van der Waals surface area contributed by atoms with Crippen LogP contribution in [0.25, 0.3) is 0 Å². The molecule has 6 nitrogen and oxygen atoms in total. The highest BCUT2D eigenvalue weighted by Crippen LogP contribution is 2.22. The number of sulfonamides is 1. The summed E-state index contributed by atoms with van der Waals surface area (Å²) < 4.78 is 28.2. The number of anilines is 1. The zero-order valence-corrected chi connectivity index (χ0v) is 19.6. The minimum atomic E-state index is -3.76. The Bertz CT molecular complexity index is 1170. The highest BCUT2D eigenvalue weighted by molar-refractivity contribution is 7.92. The molecule has 1 amide bonds. The summed E-state index contributed by atoms with van der Waals surface area (Å²) in [6.45, 7) is 4.24. The van der Waals surface area contributed by atoms with Crippen LogP contribution < -0.4 is 10.0 Å². The monoisotopic (exact) mass is 451 g/mol. The summed E-state index contributed by atoms with van der Waals surface area (Å²) in [5, 5.41) is 2.94. The van der Waals surface area contributed by atoms with Crippen molar-refractivity contribution in [3.05, 3.63) is 95.1 Å². The van der Waals surface area contributed by atoms with E-state index in [2.05, 4.69) is 10.0 Å². The summed E-state index contributed by atoms with van der Waals surface area (Å²) in [7, 11) is 0.173. The van der Waals surface area contributed by atoms with E-state index in [0.29, 0.717) is 17.8 Å². The van der Waals surface area contributed by atoms with Gasteiger partial charge in [-0.25, -0.2) is 8.42 Å². The molecule has 0 spiro atoms. The average Bonchev–Trinajstić information content (AvgIpc) is 2.77. The largest absolute Gasteiger partial charge is 0.350 e. The van der Waals surface area contributed by atoms with Gasteiger partial charge in [0.25, 0.3) is 15.9 Å². The van der Waals surface area contributed by atoms with Crippen LogP contribution in [0.5, 0.6) is 0 Å². The second-order valence-electron chi connectivity index (χ2n) is 7.98. The first-order chi connectivity index (χ1) is 15.2. The smallest absolute Gasteiger partial charge is 0.261 e. The van der Waals surface area contributed by atoms with Crippen LogP contribution in [0.4, 0.5) is 5.69 Å². The molecule has 0 bridgehead atoms. The summed E-state index contributed by atoms with van der Waals surface area (Å²) in [5.74, 6) is -0.251.